The molecule has 3 aromatic carbocycles. The number of carbonyl (C=O) groups excluding carboxylic acids is 1. The number of quaternary nitrogens is 1. The Balaban J connectivity index is 0.00000380. The number of hydrogen-bond donors (Lipinski definition) is 1. The lowest BCUT2D eigenvalue weighted by atomic mass is 9.91. The van der Waals surface area contributed by atoms with Crippen molar-refractivity contribution in [1.29, 1.82) is 0 Å². The van der Waals surface area contributed by atoms with E-state index in [2.05, 4.69) is 18.8 Å². The molecule has 4 rings (SSSR count). The maximum Gasteiger partial charge on any atom is 0.318 e. The molecule has 37 heavy (non-hydrogen) atoms. The number of nitrogens with zero attached hydrogens (tertiary/aromatic N) is 2. The first kappa shape index (κ1) is 28.1. The van der Waals surface area contributed by atoms with Crippen LogP contribution in [0.2, 0.25) is 0 Å². The number of carbonyl (C=O) groups is 1. The molecule has 0 aliphatic carbocycles. The Kier molecular flexibility index (Phi) is 10.4. The molecule has 1 heterocycles. The van der Waals surface area contributed by atoms with Gasteiger partial charge in [0.1, 0.15) is 19.1 Å². The van der Waals surface area contributed by atoms with Crippen molar-refractivity contribution in [2.45, 2.75) is 38.8 Å². The van der Waals surface area contributed by atoms with E-state index in [-0.39, 0.29) is 23.9 Å². The zero-order chi connectivity index (χ0) is 25.3. The van der Waals surface area contributed by atoms with Crippen molar-refractivity contribution in [2.24, 2.45) is 0 Å². The summed E-state index contributed by atoms with van der Waals surface area (Å²) in [7, 11) is 0. The maximum absolute atomic E-state index is 13.2. The highest BCUT2D eigenvalue weighted by atomic mass is 35.5. The lowest BCUT2D eigenvalue weighted by Crippen LogP contribution is -3.15. The Bertz CT molecular complexity index is 1290. The van der Waals surface area contributed by atoms with E-state index in [0.29, 0.717) is 31.1 Å². The highest BCUT2D eigenvalue weighted by Crippen LogP contribution is 2.25. The lowest BCUT2D eigenvalue weighted by molar-refractivity contribution is -0.921. The highest BCUT2D eigenvalue weighted by molar-refractivity contribution is 5.82. The van der Waals surface area contributed by atoms with Gasteiger partial charge >= 0.3 is 5.97 Å². The molecule has 0 spiro atoms. The average Bonchev–Trinajstić information content (AvgIpc) is 2.90. The third-order valence-electron chi connectivity index (χ3n) is 6.61. The summed E-state index contributed by atoms with van der Waals surface area (Å²) < 4.78 is 7.49. The van der Waals surface area contributed by atoms with Crippen molar-refractivity contribution in [3.63, 3.8) is 0 Å². The molecule has 6 nitrogen and oxygen atoms in total. The summed E-state index contributed by atoms with van der Waals surface area (Å²) in [5.41, 5.74) is 2.57. The van der Waals surface area contributed by atoms with E-state index >= 15 is 0 Å². The molecule has 0 saturated carbocycles. The van der Waals surface area contributed by atoms with Crippen molar-refractivity contribution >= 4 is 16.9 Å². The molecular formula is C30H34ClN3O3. The molecule has 1 aromatic heterocycles. The van der Waals surface area contributed by atoms with E-state index in [0.717, 1.165) is 29.6 Å². The van der Waals surface area contributed by atoms with Gasteiger partial charge in [0.15, 0.2) is 0 Å². The molecule has 0 fully saturated rings. The predicted octanol–water partition coefficient (Wildman–Crippen LogP) is 0.459. The van der Waals surface area contributed by atoms with Crippen LogP contribution >= 0.6 is 0 Å². The second kappa shape index (κ2) is 13.7. The molecule has 0 saturated heterocycles. The Morgan fingerprint density at radius 2 is 1.49 bits per heavy atom. The van der Waals surface area contributed by atoms with Crippen molar-refractivity contribution in [1.82, 2.24) is 9.55 Å². The number of halogens is 1. The minimum Gasteiger partial charge on any atom is -1.00 e. The van der Waals surface area contributed by atoms with Gasteiger partial charge in [0.05, 0.1) is 29.8 Å². The zero-order valence-corrected chi connectivity index (χ0v) is 22.1. The van der Waals surface area contributed by atoms with Gasteiger partial charge in [0.2, 0.25) is 0 Å². The molecule has 1 N–H and O–H groups in total. The largest absolute Gasteiger partial charge is 1.00 e. The van der Waals surface area contributed by atoms with Crippen molar-refractivity contribution in [3.05, 3.63) is 113 Å². The molecule has 0 bridgehead atoms. The number of rotatable bonds is 11. The summed E-state index contributed by atoms with van der Waals surface area (Å²) in [6, 6.07) is 27.3. The number of hydrogen-bond acceptors (Lipinski definition) is 4. The number of nitrogens with one attached hydrogen (secondary N) is 1. The first-order valence-electron chi connectivity index (χ1n) is 12.6. The number of benzene rings is 3. The van der Waals surface area contributed by atoms with Crippen molar-refractivity contribution in [3.8, 4) is 0 Å². The van der Waals surface area contributed by atoms with Crippen molar-refractivity contribution in [2.75, 3.05) is 19.7 Å². The van der Waals surface area contributed by atoms with Crippen LogP contribution in [0.1, 0.15) is 37.3 Å². The molecule has 0 amide bonds. The van der Waals surface area contributed by atoms with E-state index in [4.69, 9.17) is 4.74 Å². The molecule has 1 unspecified atom stereocenters. The van der Waals surface area contributed by atoms with E-state index in [1.165, 1.54) is 4.90 Å². The Morgan fingerprint density at radius 3 is 2.11 bits per heavy atom. The standard InChI is InChI=1S/C30H33N3O3.ClH/c1-23(2)32(18-11-19-33-22-31-27-17-10-9-16-26(27)29(33)34)20-21-36-30(35)28(24-12-5-3-6-13-24)25-14-7-4-8-15-25;/h3-10,12-17,22-23,28H,11,18-21H2,1-2H3;1H. The molecule has 0 aliphatic heterocycles. The fourth-order valence-corrected chi connectivity index (χ4v) is 4.57. The van der Waals surface area contributed by atoms with Crippen LogP contribution in [0.5, 0.6) is 0 Å². The number of aromatic nitrogens is 2. The van der Waals surface area contributed by atoms with E-state index in [1.54, 1.807) is 10.9 Å². The van der Waals surface area contributed by atoms with Gasteiger partial charge in [-0.1, -0.05) is 72.8 Å². The van der Waals surface area contributed by atoms with Crippen LogP contribution in [-0.4, -0.2) is 41.3 Å². The summed E-state index contributed by atoms with van der Waals surface area (Å²) in [6.07, 6.45) is 2.47. The highest BCUT2D eigenvalue weighted by Gasteiger charge is 2.25. The molecule has 194 valence electrons. The maximum atomic E-state index is 13.2. The normalized spacial score (nSPS) is 11.9. The second-order valence-corrected chi connectivity index (χ2v) is 9.35. The quantitative estimate of drug-likeness (QED) is 0.292. The molecular weight excluding hydrogens is 486 g/mol. The number of ether oxygens (including phenoxy) is 1. The second-order valence-electron chi connectivity index (χ2n) is 9.35. The third-order valence-corrected chi connectivity index (χ3v) is 6.61. The fourth-order valence-electron chi connectivity index (χ4n) is 4.57. The summed E-state index contributed by atoms with van der Waals surface area (Å²) in [6.45, 7) is 6.87. The summed E-state index contributed by atoms with van der Waals surface area (Å²) in [4.78, 5) is 31.6. The third kappa shape index (κ3) is 7.28. The van der Waals surface area contributed by atoms with Gasteiger partial charge in [-0.2, -0.15) is 0 Å². The fraction of sp³-hybridized carbons (Fsp3) is 0.300. The smallest absolute Gasteiger partial charge is 0.318 e. The van der Waals surface area contributed by atoms with Gasteiger partial charge in [-0.05, 0) is 37.1 Å². The lowest BCUT2D eigenvalue weighted by Gasteiger charge is -2.24. The van der Waals surface area contributed by atoms with Gasteiger partial charge < -0.3 is 22.0 Å². The Labute approximate surface area is 224 Å². The molecule has 0 radical (unpaired) electrons. The summed E-state index contributed by atoms with van der Waals surface area (Å²) >= 11 is 0. The number of aryl methyl sites for hydroxylation is 1. The van der Waals surface area contributed by atoms with Crippen LogP contribution in [0.15, 0.2) is 96.1 Å². The monoisotopic (exact) mass is 519 g/mol. The van der Waals surface area contributed by atoms with Crippen LogP contribution in [0, 0.1) is 0 Å². The minimum absolute atomic E-state index is 0. The minimum atomic E-state index is -0.442. The average molecular weight is 520 g/mol. The number of para-hydroxylation sites is 1. The van der Waals surface area contributed by atoms with Crippen LogP contribution in [0.3, 0.4) is 0 Å². The van der Waals surface area contributed by atoms with Crippen molar-refractivity contribution < 1.29 is 26.8 Å². The van der Waals surface area contributed by atoms with Crippen LogP contribution in [-0.2, 0) is 16.1 Å². The van der Waals surface area contributed by atoms with Gasteiger partial charge in [-0.15, -0.1) is 0 Å². The van der Waals surface area contributed by atoms with Crippen LogP contribution < -0.4 is 22.9 Å². The molecule has 0 aliphatic rings. The van der Waals surface area contributed by atoms with E-state index in [9.17, 15) is 9.59 Å². The van der Waals surface area contributed by atoms with Gasteiger partial charge in [-0.25, -0.2) is 4.98 Å². The van der Waals surface area contributed by atoms with Gasteiger partial charge in [0, 0.05) is 13.0 Å². The topological polar surface area (TPSA) is 65.6 Å². The summed E-state index contributed by atoms with van der Waals surface area (Å²) in [5.74, 6) is -0.675. The Hall–Kier alpha value is -3.48. The van der Waals surface area contributed by atoms with E-state index < -0.39 is 5.92 Å². The predicted molar refractivity (Wildman–Crippen MR) is 142 cm³/mol. The van der Waals surface area contributed by atoms with Crippen LogP contribution in [0.4, 0.5) is 0 Å². The Morgan fingerprint density at radius 1 is 0.892 bits per heavy atom. The summed E-state index contributed by atoms with van der Waals surface area (Å²) in [5, 5.41) is 0.645. The SMILES string of the molecule is CC(C)[NH+](CCCn1cnc2ccccc2c1=O)CCOC(=O)C(c1ccccc1)c1ccccc1.[Cl-]. The first-order valence-corrected chi connectivity index (χ1v) is 12.6. The molecule has 7 heteroatoms. The number of esters is 1. The number of fused-ring (bicyclic) bond motifs is 1. The van der Waals surface area contributed by atoms with Crippen LogP contribution in [0.25, 0.3) is 10.9 Å². The zero-order valence-electron chi connectivity index (χ0n) is 21.3. The first-order chi connectivity index (χ1) is 17.5. The van der Waals surface area contributed by atoms with Gasteiger partial charge in [0.25, 0.3) is 5.56 Å². The molecule has 1 atom stereocenters. The molecule has 4 aromatic rings. The van der Waals surface area contributed by atoms with E-state index in [1.807, 2.05) is 84.9 Å². The van der Waals surface area contributed by atoms with Gasteiger partial charge in [-0.3, -0.25) is 14.2 Å².